The molecule has 0 spiro atoms. The number of nitrogens with one attached hydrogen (secondary N) is 1. The SMILES string of the molecule is CCC(C)NC(=O)CN1CCN(CC(O)c2ccc(C#N)cc2)CC1. The van der Waals surface area contributed by atoms with Crippen molar-refractivity contribution in [3.05, 3.63) is 35.4 Å². The Bertz CT molecular complexity index is 588. The summed E-state index contributed by atoms with van der Waals surface area (Å²) in [7, 11) is 0. The third-order valence-electron chi connectivity index (χ3n) is 4.71. The minimum Gasteiger partial charge on any atom is -0.387 e. The molecule has 2 N–H and O–H groups in total. The highest BCUT2D eigenvalue weighted by Gasteiger charge is 2.21. The Kier molecular flexibility index (Phi) is 7.38. The molecular formula is C19H28N4O2. The second-order valence-corrected chi connectivity index (χ2v) is 6.70. The zero-order valence-corrected chi connectivity index (χ0v) is 15.1. The number of nitriles is 1. The van der Waals surface area contributed by atoms with Crippen LogP contribution in [0.15, 0.2) is 24.3 Å². The Balaban J connectivity index is 1.74. The Morgan fingerprint density at radius 2 is 1.84 bits per heavy atom. The lowest BCUT2D eigenvalue weighted by Crippen LogP contribution is -2.50. The molecular weight excluding hydrogens is 316 g/mol. The number of carbonyl (C=O) groups excluding carboxylic acids is 1. The normalized spacial score (nSPS) is 18.3. The minimum absolute atomic E-state index is 0.0837. The highest BCUT2D eigenvalue weighted by Crippen LogP contribution is 2.16. The van der Waals surface area contributed by atoms with Crippen LogP contribution in [0, 0.1) is 11.3 Å². The fourth-order valence-corrected chi connectivity index (χ4v) is 2.89. The van der Waals surface area contributed by atoms with Crippen molar-refractivity contribution in [2.75, 3.05) is 39.3 Å². The lowest BCUT2D eigenvalue weighted by Gasteiger charge is -2.35. The number of rotatable bonds is 7. The Morgan fingerprint density at radius 3 is 2.40 bits per heavy atom. The highest BCUT2D eigenvalue weighted by atomic mass is 16.3. The van der Waals surface area contributed by atoms with Crippen LogP contribution in [0.25, 0.3) is 0 Å². The maximum Gasteiger partial charge on any atom is 0.234 e. The fraction of sp³-hybridized carbons (Fsp3) is 0.579. The van der Waals surface area contributed by atoms with Crippen molar-refractivity contribution < 1.29 is 9.90 Å². The van der Waals surface area contributed by atoms with E-state index < -0.39 is 6.10 Å². The molecule has 1 aliphatic rings. The molecule has 1 aromatic carbocycles. The largest absolute Gasteiger partial charge is 0.387 e. The third kappa shape index (κ3) is 6.13. The van der Waals surface area contributed by atoms with Crippen molar-refractivity contribution in [1.82, 2.24) is 15.1 Å². The number of carbonyl (C=O) groups is 1. The van der Waals surface area contributed by atoms with Crippen LogP contribution < -0.4 is 5.32 Å². The monoisotopic (exact) mass is 344 g/mol. The van der Waals surface area contributed by atoms with Crippen LogP contribution in [0.2, 0.25) is 0 Å². The van der Waals surface area contributed by atoms with Gasteiger partial charge in [-0.3, -0.25) is 14.6 Å². The molecule has 0 aromatic heterocycles. The van der Waals surface area contributed by atoms with E-state index in [1.807, 2.05) is 6.92 Å². The van der Waals surface area contributed by atoms with Gasteiger partial charge in [0.25, 0.3) is 0 Å². The van der Waals surface area contributed by atoms with Gasteiger partial charge in [-0.25, -0.2) is 0 Å². The maximum absolute atomic E-state index is 11.9. The second kappa shape index (κ2) is 9.52. The van der Waals surface area contributed by atoms with Crippen LogP contribution in [0.4, 0.5) is 0 Å². The molecule has 1 aliphatic heterocycles. The molecule has 1 amide bonds. The van der Waals surface area contributed by atoms with E-state index in [-0.39, 0.29) is 11.9 Å². The molecule has 2 atom stereocenters. The summed E-state index contributed by atoms with van der Waals surface area (Å²) in [5.74, 6) is 0.0837. The predicted molar refractivity (Wildman–Crippen MR) is 96.9 cm³/mol. The van der Waals surface area contributed by atoms with Gasteiger partial charge in [-0.2, -0.15) is 5.26 Å². The van der Waals surface area contributed by atoms with E-state index in [0.29, 0.717) is 18.7 Å². The number of hydrogen-bond acceptors (Lipinski definition) is 5. The smallest absolute Gasteiger partial charge is 0.234 e. The first-order valence-electron chi connectivity index (χ1n) is 8.94. The zero-order chi connectivity index (χ0) is 18.2. The Morgan fingerprint density at radius 1 is 1.24 bits per heavy atom. The summed E-state index contributed by atoms with van der Waals surface area (Å²) in [5.41, 5.74) is 1.43. The maximum atomic E-state index is 11.9. The number of β-amino-alcohol motifs (C(OH)–C–C–N with tert-alkyl or cyclic N) is 1. The van der Waals surface area contributed by atoms with E-state index in [2.05, 4.69) is 28.1 Å². The van der Waals surface area contributed by atoms with Crippen molar-refractivity contribution >= 4 is 5.91 Å². The lowest BCUT2D eigenvalue weighted by molar-refractivity contribution is -0.123. The molecule has 6 heteroatoms. The molecule has 0 bridgehead atoms. The van der Waals surface area contributed by atoms with Gasteiger partial charge in [0, 0.05) is 38.8 Å². The predicted octanol–water partition coefficient (Wildman–Crippen LogP) is 1.12. The van der Waals surface area contributed by atoms with Crippen LogP contribution in [0.5, 0.6) is 0 Å². The molecule has 1 fully saturated rings. The van der Waals surface area contributed by atoms with Gasteiger partial charge in [0.15, 0.2) is 0 Å². The number of aliphatic hydroxyl groups is 1. The average Bonchev–Trinajstić information content (AvgIpc) is 2.63. The van der Waals surface area contributed by atoms with Crippen LogP contribution in [0.1, 0.15) is 37.5 Å². The number of benzene rings is 1. The summed E-state index contributed by atoms with van der Waals surface area (Å²) in [5, 5.41) is 22.2. The van der Waals surface area contributed by atoms with Gasteiger partial charge in [-0.1, -0.05) is 19.1 Å². The number of piperazine rings is 1. The molecule has 0 aliphatic carbocycles. The highest BCUT2D eigenvalue weighted by molar-refractivity contribution is 5.78. The first kappa shape index (κ1) is 19.4. The second-order valence-electron chi connectivity index (χ2n) is 6.70. The van der Waals surface area contributed by atoms with Gasteiger partial charge < -0.3 is 10.4 Å². The molecule has 1 heterocycles. The van der Waals surface area contributed by atoms with Gasteiger partial charge in [0.2, 0.25) is 5.91 Å². The van der Waals surface area contributed by atoms with E-state index in [9.17, 15) is 9.90 Å². The first-order chi connectivity index (χ1) is 12.0. The van der Waals surface area contributed by atoms with Crippen molar-refractivity contribution in [2.45, 2.75) is 32.4 Å². The van der Waals surface area contributed by atoms with Gasteiger partial charge in [0.1, 0.15) is 0 Å². The molecule has 136 valence electrons. The van der Waals surface area contributed by atoms with Crippen LogP contribution in [-0.2, 0) is 4.79 Å². The molecule has 2 rings (SSSR count). The van der Waals surface area contributed by atoms with Crippen molar-refractivity contribution in [3.63, 3.8) is 0 Å². The molecule has 2 unspecified atom stereocenters. The van der Waals surface area contributed by atoms with Gasteiger partial charge in [-0.15, -0.1) is 0 Å². The Hall–Kier alpha value is -1.94. The summed E-state index contributed by atoms with van der Waals surface area (Å²) >= 11 is 0. The van der Waals surface area contributed by atoms with E-state index in [0.717, 1.165) is 38.2 Å². The zero-order valence-electron chi connectivity index (χ0n) is 15.1. The lowest BCUT2D eigenvalue weighted by atomic mass is 10.1. The molecule has 1 saturated heterocycles. The van der Waals surface area contributed by atoms with Crippen molar-refractivity contribution in [2.24, 2.45) is 0 Å². The molecule has 6 nitrogen and oxygen atoms in total. The summed E-state index contributed by atoms with van der Waals surface area (Å²) < 4.78 is 0. The molecule has 0 saturated carbocycles. The van der Waals surface area contributed by atoms with Gasteiger partial charge in [-0.05, 0) is 31.0 Å². The molecule has 1 aromatic rings. The van der Waals surface area contributed by atoms with E-state index in [1.165, 1.54) is 0 Å². The number of aliphatic hydroxyl groups excluding tert-OH is 1. The number of nitrogens with zero attached hydrogens (tertiary/aromatic N) is 3. The van der Waals surface area contributed by atoms with E-state index in [4.69, 9.17) is 5.26 Å². The average molecular weight is 344 g/mol. The van der Waals surface area contributed by atoms with Crippen LogP contribution in [-0.4, -0.2) is 66.1 Å². The number of amides is 1. The third-order valence-corrected chi connectivity index (χ3v) is 4.71. The minimum atomic E-state index is -0.562. The quantitative estimate of drug-likeness (QED) is 0.775. The standard InChI is InChI=1S/C19H28N4O2/c1-3-15(2)21-19(25)14-23-10-8-22(9-11-23)13-18(24)17-6-4-16(12-20)5-7-17/h4-7,15,18,24H,3,8-11,13-14H2,1-2H3,(H,21,25). The molecule has 25 heavy (non-hydrogen) atoms. The van der Waals surface area contributed by atoms with E-state index >= 15 is 0 Å². The molecule has 0 radical (unpaired) electrons. The number of hydrogen-bond donors (Lipinski definition) is 2. The van der Waals surface area contributed by atoms with E-state index in [1.54, 1.807) is 24.3 Å². The topological polar surface area (TPSA) is 79.6 Å². The Labute approximate surface area is 150 Å². The van der Waals surface area contributed by atoms with Crippen LogP contribution >= 0.6 is 0 Å². The summed E-state index contributed by atoms with van der Waals surface area (Å²) in [6, 6.07) is 9.36. The van der Waals surface area contributed by atoms with Crippen molar-refractivity contribution in [1.29, 1.82) is 5.26 Å². The van der Waals surface area contributed by atoms with Crippen molar-refractivity contribution in [3.8, 4) is 6.07 Å². The van der Waals surface area contributed by atoms with Gasteiger partial charge >= 0.3 is 0 Å². The van der Waals surface area contributed by atoms with Gasteiger partial charge in [0.05, 0.1) is 24.3 Å². The summed E-state index contributed by atoms with van der Waals surface area (Å²) in [6.45, 7) is 8.41. The summed E-state index contributed by atoms with van der Waals surface area (Å²) in [4.78, 5) is 16.3. The summed E-state index contributed by atoms with van der Waals surface area (Å²) in [6.07, 6.45) is 0.375. The van der Waals surface area contributed by atoms with Crippen LogP contribution in [0.3, 0.4) is 0 Å². The fourth-order valence-electron chi connectivity index (χ4n) is 2.89. The first-order valence-corrected chi connectivity index (χ1v) is 8.94.